The van der Waals surface area contributed by atoms with Gasteiger partial charge in [0.25, 0.3) is 0 Å². The molecule has 0 aromatic carbocycles. The summed E-state index contributed by atoms with van der Waals surface area (Å²) in [6.45, 7) is 1.39. The van der Waals surface area contributed by atoms with Gasteiger partial charge in [-0.2, -0.15) is 0 Å². The molecule has 0 spiro atoms. The van der Waals surface area contributed by atoms with Crippen molar-refractivity contribution in [2.75, 3.05) is 13.7 Å². The Labute approximate surface area is 94.8 Å². The molecular formula is C10H20O6. The van der Waals surface area contributed by atoms with E-state index in [-0.39, 0.29) is 19.0 Å². The number of aliphatic hydroxyl groups excluding tert-OH is 2. The number of carboxylic acid groups (broad SMARTS) is 1. The second kappa shape index (κ2) is 11.9. The van der Waals surface area contributed by atoms with Crippen LogP contribution in [0.5, 0.6) is 0 Å². The van der Waals surface area contributed by atoms with Gasteiger partial charge in [0.15, 0.2) is 0 Å². The zero-order valence-corrected chi connectivity index (χ0v) is 9.68. The summed E-state index contributed by atoms with van der Waals surface area (Å²) >= 11 is 0. The molecule has 3 N–H and O–H groups in total. The number of esters is 1. The third kappa shape index (κ3) is 18.6. The number of hydrogen-bond acceptors (Lipinski definition) is 5. The molecule has 1 atom stereocenters. The van der Waals surface area contributed by atoms with Crippen molar-refractivity contribution in [3.8, 4) is 0 Å². The number of unbranched alkanes of at least 4 members (excludes halogenated alkanes) is 1. The highest BCUT2D eigenvalue weighted by Gasteiger charge is 2.01. The van der Waals surface area contributed by atoms with Crippen LogP contribution in [0.15, 0.2) is 0 Å². The normalized spacial score (nSPS) is 11.0. The highest BCUT2D eigenvalue weighted by atomic mass is 16.5. The number of rotatable bonds is 6. The number of carboxylic acids is 1. The summed E-state index contributed by atoms with van der Waals surface area (Å²) in [4.78, 5) is 20.5. The van der Waals surface area contributed by atoms with Crippen molar-refractivity contribution in [2.45, 2.75) is 38.7 Å². The van der Waals surface area contributed by atoms with Crippen LogP contribution in [0.25, 0.3) is 0 Å². The van der Waals surface area contributed by atoms with E-state index in [0.29, 0.717) is 19.3 Å². The van der Waals surface area contributed by atoms with E-state index in [1.54, 1.807) is 0 Å². The molecule has 0 rings (SSSR count). The molecule has 0 aliphatic rings. The zero-order chi connectivity index (χ0) is 13.0. The Morgan fingerprint density at radius 1 is 1.25 bits per heavy atom. The number of aliphatic carboxylic acids is 1. The highest BCUT2D eigenvalue weighted by molar-refractivity contribution is 5.69. The summed E-state index contributed by atoms with van der Waals surface area (Å²) in [6, 6.07) is 0. The molecule has 0 amide bonds. The quantitative estimate of drug-likeness (QED) is 0.448. The first-order chi connectivity index (χ1) is 7.43. The Balaban J connectivity index is 0. The van der Waals surface area contributed by atoms with E-state index in [0.717, 1.165) is 0 Å². The van der Waals surface area contributed by atoms with Crippen LogP contribution in [-0.4, -0.2) is 47.1 Å². The first-order valence-corrected chi connectivity index (χ1v) is 5.01. The Bertz CT molecular complexity index is 190. The molecule has 6 heteroatoms. The van der Waals surface area contributed by atoms with Gasteiger partial charge in [0.05, 0.1) is 19.8 Å². The number of ether oxygens (including phenoxy) is 1. The molecule has 16 heavy (non-hydrogen) atoms. The number of methoxy groups -OCH3 is 1. The number of carbonyl (C=O) groups excluding carboxylic acids is 1. The molecule has 0 aromatic rings. The second-order valence-corrected chi connectivity index (χ2v) is 3.21. The van der Waals surface area contributed by atoms with Crippen molar-refractivity contribution in [1.82, 2.24) is 0 Å². The Hall–Kier alpha value is -1.14. The second-order valence-electron chi connectivity index (χ2n) is 3.21. The van der Waals surface area contributed by atoms with Gasteiger partial charge in [-0.15, -0.1) is 0 Å². The van der Waals surface area contributed by atoms with Crippen LogP contribution < -0.4 is 0 Å². The molecule has 0 aromatic heterocycles. The molecule has 0 aliphatic carbocycles. The molecule has 0 aliphatic heterocycles. The van der Waals surface area contributed by atoms with E-state index in [1.807, 2.05) is 0 Å². The van der Waals surface area contributed by atoms with Gasteiger partial charge < -0.3 is 20.1 Å². The predicted molar refractivity (Wildman–Crippen MR) is 56.9 cm³/mol. The average Bonchev–Trinajstić information content (AvgIpc) is 2.24. The fourth-order valence-corrected chi connectivity index (χ4v) is 0.648. The fourth-order valence-electron chi connectivity index (χ4n) is 0.648. The minimum Gasteiger partial charge on any atom is -0.481 e. The average molecular weight is 236 g/mol. The van der Waals surface area contributed by atoms with Gasteiger partial charge in [0.2, 0.25) is 0 Å². The van der Waals surface area contributed by atoms with Crippen LogP contribution in [0.1, 0.15) is 32.6 Å². The Morgan fingerprint density at radius 2 is 1.69 bits per heavy atom. The molecule has 0 fully saturated rings. The predicted octanol–water partition coefficient (Wildman–Crippen LogP) is 0.164. The van der Waals surface area contributed by atoms with Crippen molar-refractivity contribution < 1.29 is 29.6 Å². The van der Waals surface area contributed by atoms with E-state index in [9.17, 15) is 9.59 Å². The van der Waals surface area contributed by atoms with Gasteiger partial charge in [-0.1, -0.05) is 0 Å². The minimum atomic E-state index is -0.824. The molecular weight excluding hydrogens is 216 g/mol. The van der Waals surface area contributed by atoms with E-state index >= 15 is 0 Å². The summed E-state index contributed by atoms with van der Waals surface area (Å²) in [5.41, 5.74) is 0. The maximum Gasteiger partial charge on any atom is 0.305 e. The molecule has 0 saturated heterocycles. The van der Waals surface area contributed by atoms with Crippen LogP contribution in [-0.2, 0) is 14.3 Å². The van der Waals surface area contributed by atoms with Crippen LogP contribution in [0, 0.1) is 0 Å². The lowest BCUT2D eigenvalue weighted by Gasteiger charge is -1.96. The number of carbonyl (C=O) groups is 2. The van der Waals surface area contributed by atoms with Gasteiger partial charge >= 0.3 is 11.9 Å². The van der Waals surface area contributed by atoms with Crippen molar-refractivity contribution in [1.29, 1.82) is 0 Å². The topological polar surface area (TPSA) is 104 Å². The minimum absolute atomic E-state index is 0.122. The van der Waals surface area contributed by atoms with Gasteiger partial charge in [-0.25, -0.2) is 0 Å². The lowest BCUT2D eigenvalue weighted by Crippen LogP contribution is -2.03. The van der Waals surface area contributed by atoms with E-state index < -0.39 is 12.1 Å². The third-order valence-electron chi connectivity index (χ3n) is 1.51. The SMILES string of the molecule is CC(O)CO.COC(=O)CCCCC(=O)O. The molecule has 96 valence electrons. The zero-order valence-electron chi connectivity index (χ0n) is 9.68. The first kappa shape index (κ1) is 17.3. The van der Waals surface area contributed by atoms with Crippen LogP contribution in [0.2, 0.25) is 0 Å². The summed E-state index contributed by atoms with van der Waals surface area (Å²) in [5, 5.41) is 24.2. The molecule has 0 saturated carbocycles. The van der Waals surface area contributed by atoms with E-state index in [2.05, 4.69) is 4.74 Å². The fraction of sp³-hybridized carbons (Fsp3) is 0.800. The molecule has 6 nitrogen and oxygen atoms in total. The monoisotopic (exact) mass is 236 g/mol. The summed E-state index contributed by atoms with van der Waals surface area (Å²) in [6.07, 6.45) is 0.986. The van der Waals surface area contributed by atoms with Crippen LogP contribution in [0.4, 0.5) is 0 Å². The van der Waals surface area contributed by atoms with Crippen molar-refractivity contribution >= 4 is 11.9 Å². The lowest BCUT2D eigenvalue weighted by molar-refractivity contribution is -0.141. The van der Waals surface area contributed by atoms with Gasteiger partial charge in [0, 0.05) is 12.8 Å². The maximum atomic E-state index is 10.5. The number of hydrogen-bond donors (Lipinski definition) is 3. The molecule has 0 heterocycles. The number of aliphatic hydroxyl groups is 2. The molecule has 0 bridgehead atoms. The maximum absolute atomic E-state index is 10.5. The first-order valence-electron chi connectivity index (χ1n) is 5.01. The molecule has 0 radical (unpaired) electrons. The molecule has 1 unspecified atom stereocenters. The smallest absolute Gasteiger partial charge is 0.305 e. The van der Waals surface area contributed by atoms with Crippen molar-refractivity contribution in [3.63, 3.8) is 0 Å². The van der Waals surface area contributed by atoms with Crippen molar-refractivity contribution in [2.24, 2.45) is 0 Å². The summed E-state index contributed by atoms with van der Waals surface area (Å²) in [7, 11) is 1.32. The van der Waals surface area contributed by atoms with Gasteiger partial charge in [0.1, 0.15) is 0 Å². The highest BCUT2D eigenvalue weighted by Crippen LogP contribution is 2.00. The van der Waals surface area contributed by atoms with Crippen LogP contribution in [0.3, 0.4) is 0 Å². The van der Waals surface area contributed by atoms with Crippen LogP contribution >= 0.6 is 0 Å². The summed E-state index contributed by atoms with van der Waals surface area (Å²) in [5.74, 6) is -1.11. The van der Waals surface area contributed by atoms with Gasteiger partial charge in [-0.05, 0) is 19.8 Å². The van der Waals surface area contributed by atoms with Crippen molar-refractivity contribution in [3.05, 3.63) is 0 Å². The Morgan fingerprint density at radius 3 is 2.00 bits per heavy atom. The largest absolute Gasteiger partial charge is 0.481 e. The van der Waals surface area contributed by atoms with E-state index in [4.69, 9.17) is 15.3 Å². The lowest BCUT2D eigenvalue weighted by atomic mass is 10.2. The Kier molecular flexibility index (Phi) is 12.9. The van der Waals surface area contributed by atoms with E-state index in [1.165, 1.54) is 14.0 Å². The summed E-state index contributed by atoms with van der Waals surface area (Å²) < 4.78 is 4.37. The standard InChI is InChI=1S/C7H12O4.C3H8O2/c1-11-7(10)5-3-2-4-6(8)9;1-3(5)2-4/h2-5H2,1H3,(H,8,9);3-5H,2H2,1H3. The third-order valence-corrected chi connectivity index (χ3v) is 1.51. The van der Waals surface area contributed by atoms with Gasteiger partial charge in [-0.3, -0.25) is 9.59 Å².